The first-order chi connectivity index (χ1) is 7.31. The Balaban J connectivity index is 2.17. The number of nitrogens with one attached hydrogen (secondary N) is 1. The zero-order valence-electron chi connectivity index (χ0n) is 9.12. The van der Waals surface area contributed by atoms with E-state index in [0.29, 0.717) is 0 Å². The highest BCUT2D eigenvalue weighted by Gasteiger charge is 2.22. The minimum Gasteiger partial charge on any atom is -0.307 e. The Bertz CT molecular complexity index is 353. The molecule has 0 amide bonds. The highest BCUT2D eigenvalue weighted by Crippen LogP contribution is 2.13. The van der Waals surface area contributed by atoms with Crippen LogP contribution in [-0.2, 0) is 6.42 Å². The molecular weight excluding hydrogens is 186 g/mol. The Kier molecular flexibility index (Phi) is 3.17. The first-order valence-corrected chi connectivity index (χ1v) is 5.68. The zero-order valence-corrected chi connectivity index (χ0v) is 9.12. The maximum atomic E-state index is 12.1. The molecule has 1 heterocycles. The van der Waals surface area contributed by atoms with Gasteiger partial charge in [0.2, 0.25) is 0 Å². The third-order valence-corrected chi connectivity index (χ3v) is 3.00. The third kappa shape index (κ3) is 2.26. The molecule has 2 nitrogen and oxygen atoms in total. The molecule has 80 valence electrons. The summed E-state index contributed by atoms with van der Waals surface area (Å²) >= 11 is 0. The van der Waals surface area contributed by atoms with Gasteiger partial charge in [-0.15, -0.1) is 0 Å². The van der Waals surface area contributed by atoms with Crippen LogP contribution >= 0.6 is 0 Å². The number of carbonyl (C=O) groups is 1. The summed E-state index contributed by atoms with van der Waals surface area (Å²) in [6.07, 6.45) is 3.08. The van der Waals surface area contributed by atoms with Crippen molar-refractivity contribution in [3.63, 3.8) is 0 Å². The third-order valence-electron chi connectivity index (χ3n) is 3.00. The second-order valence-electron chi connectivity index (χ2n) is 4.07. The number of benzene rings is 1. The summed E-state index contributed by atoms with van der Waals surface area (Å²) in [7, 11) is 0. The molecule has 1 aliphatic heterocycles. The van der Waals surface area contributed by atoms with E-state index < -0.39 is 0 Å². The molecule has 0 bridgehead atoms. The molecule has 1 aromatic carbocycles. The van der Waals surface area contributed by atoms with Crippen molar-refractivity contribution in [1.82, 2.24) is 5.32 Å². The molecule has 0 aliphatic carbocycles. The molecule has 1 N–H and O–H groups in total. The first-order valence-electron chi connectivity index (χ1n) is 5.68. The average molecular weight is 203 g/mol. The van der Waals surface area contributed by atoms with Crippen molar-refractivity contribution in [3.8, 4) is 0 Å². The fourth-order valence-electron chi connectivity index (χ4n) is 2.05. The van der Waals surface area contributed by atoms with Gasteiger partial charge in [0.05, 0.1) is 6.04 Å². The van der Waals surface area contributed by atoms with Crippen LogP contribution in [0.1, 0.15) is 35.7 Å². The van der Waals surface area contributed by atoms with E-state index in [-0.39, 0.29) is 11.8 Å². The predicted molar refractivity (Wildman–Crippen MR) is 61.2 cm³/mol. The molecule has 1 unspecified atom stereocenters. The SMILES string of the molecule is CCc1cccc(C(=O)C2CCCN2)c1. The molecule has 1 fully saturated rings. The Labute approximate surface area is 90.7 Å². The topological polar surface area (TPSA) is 29.1 Å². The summed E-state index contributed by atoms with van der Waals surface area (Å²) in [5.74, 6) is 0.253. The lowest BCUT2D eigenvalue weighted by atomic mass is 10.0. The smallest absolute Gasteiger partial charge is 0.179 e. The summed E-state index contributed by atoms with van der Waals surface area (Å²) in [6.45, 7) is 3.08. The van der Waals surface area contributed by atoms with Gasteiger partial charge in [-0.2, -0.15) is 0 Å². The highest BCUT2D eigenvalue weighted by molar-refractivity contribution is 6.00. The van der Waals surface area contributed by atoms with E-state index in [9.17, 15) is 4.79 Å². The van der Waals surface area contributed by atoms with Gasteiger partial charge >= 0.3 is 0 Å². The van der Waals surface area contributed by atoms with Crippen molar-refractivity contribution in [2.75, 3.05) is 6.54 Å². The van der Waals surface area contributed by atoms with E-state index >= 15 is 0 Å². The summed E-state index contributed by atoms with van der Waals surface area (Å²) in [4.78, 5) is 12.1. The van der Waals surface area contributed by atoms with E-state index in [1.807, 2.05) is 18.2 Å². The number of carbonyl (C=O) groups excluding carboxylic acids is 1. The van der Waals surface area contributed by atoms with Crippen LogP contribution in [0.4, 0.5) is 0 Å². The van der Waals surface area contributed by atoms with E-state index in [2.05, 4.69) is 18.3 Å². The van der Waals surface area contributed by atoms with Crippen LogP contribution in [-0.4, -0.2) is 18.4 Å². The number of aryl methyl sites for hydroxylation is 1. The van der Waals surface area contributed by atoms with Crippen molar-refractivity contribution in [1.29, 1.82) is 0 Å². The summed E-state index contributed by atoms with van der Waals surface area (Å²) in [5.41, 5.74) is 2.09. The predicted octanol–water partition coefficient (Wildman–Crippen LogP) is 2.18. The van der Waals surface area contributed by atoms with Gasteiger partial charge in [0.15, 0.2) is 5.78 Å². The monoisotopic (exact) mass is 203 g/mol. The van der Waals surface area contributed by atoms with Crippen molar-refractivity contribution >= 4 is 5.78 Å². The average Bonchev–Trinajstić information content (AvgIpc) is 2.81. The Hall–Kier alpha value is -1.15. The zero-order chi connectivity index (χ0) is 10.7. The van der Waals surface area contributed by atoms with Gasteiger partial charge in [-0.3, -0.25) is 4.79 Å². The molecule has 1 aromatic rings. The van der Waals surface area contributed by atoms with Crippen molar-refractivity contribution in [3.05, 3.63) is 35.4 Å². The lowest BCUT2D eigenvalue weighted by Crippen LogP contribution is -2.30. The van der Waals surface area contributed by atoms with Crippen LogP contribution in [0.5, 0.6) is 0 Å². The van der Waals surface area contributed by atoms with Crippen LogP contribution < -0.4 is 5.32 Å². The number of ketones is 1. The lowest BCUT2D eigenvalue weighted by Gasteiger charge is -2.09. The van der Waals surface area contributed by atoms with Gasteiger partial charge < -0.3 is 5.32 Å². The van der Waals surface area contributed by atoms with Crippen molar-refractivity contribution < 1.29 is 4.79 Å². The van der Waals surface area contributed by atoms with Crippen molar-refractivity contribution in [2.24, 2.45) is 0 Å². The van der Waals surface area contributed by atoms with Crippen LogP contribution in [0.25, 0.3) is 0 Å². The first kappa shape index (κ1) is 10.4. The molecule has 0 aromatic heterocycles. The molecule has 0 saturated carbocycles. The number of hydrogen-bond donors (Lipinski definition) is 1. The second-order valence-corrected chi connectivity index (χ2v) is 4.07. The van der Waals surface area contributed by atoms with E-state index in [0.717, 1.165) is 31.4 Å². The maximum absolute atomic E-state index is 12.1. The molecule has 2 heteroatoms. The Morgan fingerprint density at radius 1 is 1.53 bits per heavy atom. The fourth-order valence-corrected chi connectivity index (χ4v) is 2.05. The van der Waals surface area contributed by atoms with Crippen LogP contribution in [0.15, 0.2) is 24.3 Å². The molecule has 0 spiro atoms. The van der Waals surface area contributed by atoms with Crippen LogP contribution in [0, 0.1) is 0 Å². The summed E-state index contributed by atoms with van der Waals surface area (Å²) in [6, 6.07) is 8.03. The summed E-state index contributed by atoms with van der Waals surface area (Å²) < 4.78 is 0. The van der Waals surface area contributed by atoms with Gasteiger partial charge in [0, 0.05) is 5.56 Å². The normalized spacial score (nSPS) is 20.5. The van der Waals surface area contributed by atoms with Gasteiger partial charge in [-0.05, 0) is 37.4 Å². The van der Waals surface area contributed by atoms with Crippen molar-refractivity contribution in [2.45, 2.75) is 32.2 Å². The van der Waals surface area contributed by atoms with E-state index in [1.54, 1.807) is 0 Å². The van der Waals surface area contributed by atoms with Crippen LogP contribution in [0.2, 0.25) is 0 Å². The number of hydrogen-bond acceptors (Lipinski definition) is 2. The molecule has 2 rings (SSSR count). The Morgan fingerprint density at radius 3 is 3.07 bits per heavy atom. The van der Waals surface area contributed by atoms with E-state index in [4.69, 9.17) is 0 Å². The maximum Gasteiger partial charge on any atom is 0.179 e. The second kappa shape index (κ2) is 4.58. The molecule has 1 saturated heterocycles. The highest BCUT2D eigenvalue weighted by atomic mass is 16.1. The lowest BCUT2D eigenvalue weighted by molar-refractivity contribution is 0.0952. The molecular formula is C13H17NO. The van der Waals surface area contributed by atoms with Crippen LogP contribution in [0.3, 0.4) is 0 Å². The summed E-state index contributed by atoms with van der Waals surface area (Å²) in [5, 5.41) is 3.24. The minimum atomic E-state index is 0.0529. The number of rotatable bonds is 3. The molecule has 1 aliphatic rings. The number of Topliss-reactive ketones (excluding diaryl/α,β-unsaturated/α-hetero) is 1. The Morgan fingerprint density at radius 2 is 2.40 bits per heavy atom. The van der Waals surface area contributed by atoms with E-state index in [1.165, 1.54) is 5.56 Å². The van der Waals surface area contributed by atoms with Gasteiger partial charge in [0.25, 0.3) is 0 Å². The molecule has 15 heavy (non-hydrogen) atoms. The van der Waals surface area contributed by atoms with Gasteiger partial charge in [-0.1, -0.05) is 25.1 Å². The fraction of sp³-hybridized carbons (Fsp3) is 0.462. The minimum absolute atomic E-state index is 0.0529. The largest absolute Gasteiger partial charge is 0.307 e. The quantitative estimate of drug-likeness (QED) is 0.763. The molecule has 0 radical (unpaired) electrons. The standard InChI is InChI=1S/C13H17NO/c1-2-10-5-3-6-11(9-10)13(15)12-7-4-8-14-12/h3,5-6,9,12,14H,2,4,7-8H2,1H3. The van der Waals surface area contributed by atoms with Gasteiger partial charge in [-0.25, -0.2) is 0 Å². The van der Waals surface area contributed by atoms with Gasteiger partial charge in [0.1, 0.15) is 0 Å². The molecule has 1 atom stereocenters.